The number of carbonyl (C=O) groups excluding carboxylic acids is 1. The Morgan fingerprint density at radius 3 is 2.83 bits per heavy atom. The van der Waals surface area contributed by atoms with Crippen molar-refractivity contribution < 1.29 is 18.0 Å². The van der Waals surface area contributed by atoms with Gasteiger partial charge in [0, 0.05) is 36.3 Å². The summed E-state index contributed by atoms with van der Waals surface area (Å²) in [5.41, 5.74) is 1.28. The van der Waals surface area contributed by atoms with Gasteiger partial charge in [-0.1, -0.05) is 11.6 Å². The van der Waals surface area contributed by atoms with Crippen molar-refractivity contribution in [2.24, 2.45) is 0 Å². The Balaban J connectivity index is 1.43. The van der Waals surface area contributed by atoms with Gasteiger partial charge in [0.15, 0.2) is 11.7 Å². The smallest absolute Gasteiger partial charge is 0.224 e. The monoisotopic (exact) mass is 428 g/mol. The molecule has 2 aromatic carbocycles. The number of rotatable bonds is 6. The van der Waals surface area contributed by atoms with E-state index in [0.717, 1.165) is 12.1 Å². The van der Waals surface area contributed by atoms with E-state index < -0.39 is 11.6 Å². The molecule has 4 aromatic rings. The number of amides is 1. The van der Waals surface area contributed by atoms with Crippen molar-refractivity contribution in [3.05, 3.63) is 83.6 Å². The molecule has 0 unspecified atom stereocenters. The molecule has 152 valence electrons. The molecule has 0 saturated carbocycles. The molecule has 2 heterocycles. The maximum absolute atomic E-state index is 13.9. The number of aryl methyl sites for hydroxylation is 1. The first-order valence-corrected chi connectivity index (χ1v) is 9.37. The molecule has 0 spiro atoms. The van der Waals surface area contributed by atoms with Crippen molar-refractivity contribution in [2.45, 2.75) is 12.8 Å². The Bertz CT molecular complexity index is 1190. The number of oxazole rings is 1. The lowest BCUT2D eigenvalue weighted by molar-refractivity contribution is -0.116. The highest BCUT2D eigenvalue weighted by Gasteiger charge is 2.14. The average Bonchev–Trinajstić information content (AvgIpc) is 3.39. The molecule has 30 heavy (non-hydrogen) atoms. The predicted octanol–water partition coefficient (Wildman–Crippen LogP) is 5.03. The molecule has 2 aromatic heterocycles. The summed E-state index contributed by atoms with van der Waals surface area (Å²) in [6.07, 6.45) is 5.01. The van der Waals surface area contributed by atoms with E-state index in [1.165, 1.54) is 12.3 Å². The molecule has 4 rings (SSSR count). The van der Waals surface area contributed by atoms with E-state index in [1.54, 1.807) is 41.3 Å². The van der Waals surface area contributed by atoms with Crippen LogP contribution in [0.3, 0.4) is 0 Å². The summed E-state index contributed by atoms with van der Waals surface area (Å²) in [6.45, 7) is 0. The van der Waals surface area contributed by atoms with E-state index in [4.69, 9.17) is 16.0 Å². The first-order chi connectivity index (χ1) is 14.5. The number of benzene rings is 2. The average molecular weight is 429 g/mol. The van der Waals surface area contributed by atoms with Crippen LogP contribution in [0, 0.1) is 11.6 Å². The van der Waals surface area contributed by atoms with E-state index in [9.17, 15) is 13.6 Å². The Hall–Kier alpha value is -3.52. The zero-order chi connectivity index (χ0) is 21.1. The summed E-state index contributed by atoms with van der Waals surface area (Å²) in [7, 11) is 0. The van der Waals surface area contributed by atoms with Gasteiger partial charge in [0.25, 0.3) is 0 Å². The molecule has 0 aliphatic rings. The normalized spacial score (nSPS) is 10.9. The van der Waals surface area contributed by atoms with Gasteiger partial charge in [-0.15, -0.1) is 0 Å². The van der Waals surface area contributed by atoms with Crippen molar-refractivity contribution in [3.8, 4) is 17.0 Å². The minimum Gasteiger partial charge on any atom is -0.441 e. The number of anilines is 1. The number of halogens is 3. The van der Waals surface area contributed by atoms with Gasteiger partial charge >= 0.3 is 0 Å². The quantitative estimate of drug-likeness (QED) is 0.467. The second-order valence-electron chi connectivity index (χ2n) is 6.40. The Morgan fingerprint density at radius 1 is 1.20 bits per heavy atom. The Morgan fingerprint density at radius 2 is 2.07 bits per heavy atom. The van der Waals surface area contributed by atoms with Crippen molar-refractivity contribution >= 4 is 23.2 Å². The van der Waals surface area contributed by atoms with E-state index in [-0.39, 0.29) is 36.0 Å². The van der Waals surface area contributed by atoms with Crippen molar-refractivity contribution in [1.29, 1.82) is 0 Å². The topological polar surface area (TPSA) is 73.0 Å². The first kappa shape index (κ1) is 19.8. The standard InChI is InChI=1S/C21H15ClF2N4O2/c22-13-2-5-18(28-9-1-8-26-28)17(10-13)27-20(29)6-7-21-25-12-19(30-21)15-4-3-14(23)11-16(15)24/h1-5,8-12H,6-7H2,(H,27,29). The lowest BCUT2D eigenvalue weighted by Gasteiger charge is -2.11. The number of nitrogens with zero attached hydrogens (tertiary/aromatic N) is 3. The van der Waals surface area contributed by atoms with E-state index >= 15 is 0 Å². The fourth-order valence-corrected chi connectivity index (χ4v) is 3.06. The molecular formula is C21H15ClF2N4O2. The highest BCUT2D eigenvalue weighted by atomic mass is 35.5. The third kappa shape index (κ3) is 4.38. The molecule has 1 N–H and O–H groups in total. The minimum atomic E-state index is -0.748. The third-order valence-corrected chi connectivity index (χ3v) is 4.54. The van der Waals surface area contributed by atoms with Gasteiger partial charge in [0.2, 0.25) is 5.91 Å². The summed E-state index contributed by atoms with van der Waals surface area (Å²) >= 11 is 6.06. The fourth-order valence-electron chi connectivity index (χ4n) is 2.89. The summed E-state index contributed by atoms with van der Waals surface area (Å²) in [4.78, 5) is 16.5. The summed E-state index contributed by atoms with van der Waals surface area (Å²) in [5, 5.41) is 7.45. The van der Waals surface area contributed by atoms with Gasteiger partial charge in [0.1, 0.15) is 11.6 Å². The fraction of sp³-hybridized carbons (Fsp3) is 0.0952. The van der Waals surface area contributed by atoms with Crippen LogP contribution in [0.1, 0.15) is 12.3 Å². The van der Waals surface area contributed by atoms with Crippen LogP contribution in [0.25, 0.3) is 17.0 Å². The third-order valence-electron chi connectivity index (χ3n) is 4.30. The first-order valence-electron chi connectivity index (χ1n) is 8.99. The van der Waals surface area contributed by atoms with Crippen LogP contribution in [0.4, 0.5) is 14.5 Å². The number of hydrogen-bond acceptors (Lipinski definition) is 4. The van der Waals surface area contributed by atoms with Gasteiger partial charge in [0.05, 0.1) is 23.1 Å². The lowest BCUT2D eigenvalue weighted by Crippen LogP contribution is -2.14. The lowest BCUT2D eigenvalue weighted by atomic mass is 10.2. The molecule has 6 nitrogen and oxygen atoms in total. The van der Waals surface area contributed by atoms with E-state index in [1.807, 2.05) is 0 Å². The van der Waals surface area contributed by atoms with Crippen molar-refractivity contribution in [3.63, 3.8) is 0 Å². The van der Waals surface area contributed by atoms with Crippen LogP contribution >= 0.6 is 11.6 Å². The van der Waals surface area contributed by atoms with Crippen LogP contribution in [0.2, 0.25) is 5.02 Å². The van der Waals surface area contributed by atoms with Crippen LogP contribution in [0.15, 0.2) is 65.5 Å². The molecule has 0 fully saturated rings. The van der Waals surface area contributed by atoms with Crippen LogP contribution in [-0.4, -0.2) is 20.7 Å². The highest BCUT2D eigenvalue weighted by molar-refractivity contribution is 6.31. The summed E-state index contributed by atoms with van der Waals surface area (Å²) in [5.74, 6) is -1.27. The molecular weight excluding hydrogens is 414 g/mol. The van der Waals surface area contributed by atoms with Gasteiger partial charge in [-0.05, 0) is 36.4 Å². The van der Waals surface area contributed by atoms with E-state index in [0.29, 0.717) is 16.4 Å². The molecule has 0 bridgehead atoms. The van der Waals surface area contributed by atoms with Crippen molar-refractivity contribution in [1.82, 2.24) is 14.8 Å². The predicted molar refractivity (Wildman–Crippen MR) is 107 cm³/mol. The Kier molecular flexibility index (Phi) is 5.58. The summed E-state index contributed by atoms with van der Waals surface area (Å²) < 4.78 is 34.1. The maximum Gasteiger partial charge on any atom is 0.224 e. The van der Waals surface area contributed by atoms with Crippen LogP contribution in [-0.2, 0) is 11.2 Å². The van der Waals surface area contributed by atoms with Gasteiger partial charge in [-0.25, -0.2) is 18.4 Å². The maximum atomic E-state index is 13.9. The highest BCUT2D eigenvalue weighted by Crippen LogP contribution is 2.26. The van der Waals surface area contributed by atoms with Gasteiger partial charge in [-0.3, -0.25) is 4.79 Å². The van der Waals surface area contributed by atoms with Gasteiger partial charge < -0.3 is 9.73 Å². The number of hydrogen-bond donors (Lipinski definition) is 1. The summed E-state index contributed by atoms with van der Waals surface area (Å²) in [6, 6.07) is 10.0. The second-order valence-corrected chi connectivity index (χ2v) is 6.84. The molecule has 0 saturated heterocycles. The minimum absolute atomic E-state index is 0.0803. The SMILES string of the molecule is O=C(CCc1ncc(-c2ccc(F)cc2F)o1)Nc1cc(Cl)ccc1-n1cccn1. The number of carbonyl (C=O) groups is 1. The largest absolute Gasteiger partial charge is 0.441 e. The van der Waals surface area contributed by atoms with Crippen LogP contribution in [0.5, 0.6) is 0 Å². The number of aromatic nitrogens is 3. The van der Waals surface area contributed by atoms with Crippen LogP contribution < -0.4 is 5.32 Å². The zero-order valence-corrected chi connectivity index (χ0v) is 16.2. The zero-order valence-electron chi connectivity index (χ0n) is 15.5. The molecule has 9 heteroatoms. The molecule has 0 atom stereocenters. The molecule has 0 radical (unpaired) electrons. The molecule has 0 aliphatic carbocycles. The second kappa shape index (κ2) is 8.46. The molecule has 1 amide bonds. The van der Waals surface area contributed by atoms with Crippen molar-refractivity contribution in [2.75, 3.05) is 5.32 Å². The molecule has 0 aliphatic heterocycles. The van der Waals surface area contributed by atoms with E-state index in [2.05, 4.69) is 15.4 Å². The number of nitrogens with one attached hydrogen (secondary N) is 1. The van der Waals surface area contributed by atoms with Gasteiger partial charge in [-0.2, -0.15) is 5.10 Å². The Labute approximate surface area is 175 Å².